The molecule has 1 aliphatic heterocycles. The van der Waals surface area contributed by atoms with E-state index in [1.165, 1.54) is 12.3 Å². The zero-order chi connectivity index (χ0) is 15.7. The molecule has 2 aromatic rings. The quantitative estimate of drug-likeness (QED) is 0.937. The summed E-state index contributed by atoms with van der Waals surface area (Å²) in [5, 5.41) is 0. The van der Waals surface area contributed by atoms with E-state index in [2.05, 4.69) is 4.98 Å². The second-order valence-corrected chi connectivity index (χ2v) is 5.34. The number of nitrogens with zero attached hydrogens (tertiary/aromatic N) is 2. The van der Waals surface area contributed by atoms with E-state index in [0.717, 1.165) is 18.6 Å². The maximum atomic E-state index is 13.2. The number of halogens is 2. The minimum Gasteiger partial charge on any atom is -0.444 e. The van der Waals surface area contributed by atoms with Gasteiger partial charge >= 0.3 is 0 Å². The van der Waals surface area contributed by atoms with Crippen molar-refractivity contribution in [1.82, 2.24) is 9.88 Å². The molecule has 1 aromatic carbocycles. The van der Waals surface area contributed by atoms with E-state index >= 15 is 0 Å². The van der Waals surface area contributed by atoms with Crippen LogP contribution in [0.15, 0.2) is 28.9 Å². The minimum absolute atomic E-state index is 0.0269. The number of likely N-dealkylation sites (tertiary alicyclic amines) is 1. The summed E-state index contributed by atoms with van der Waals surface area (Å²) in [5.74, 6) is -1.83. The summed E-state index contributed by atoms with van der Waals surface area (Å²) in [7, 11) is 0. The largest absolute Gasteiger partial charge is 0.444 e. The minimum atomic E-state index is -0.973. The Bertz CT molecular complexity index is 702. The number of aromatic nitrogens is 1. The van der Waals surface area contributed by atoms with Crippen molar-refractivity contribution in [2.75, 3.05) is 13.1 Å². The molecule has 1 fully saturated rings. The van der Waals surface area contributed by atoms with Crippen molar-refractivity contribution in [1.29, 1.82) is 0 Å². The molecule has 5 nitrogen and oxygen atoms in total. The number of nitrogens with two attached hydrogens (primary N) is 1. The van der Waals surface area contributed by atoms with Gasteiger partial charge < -0.3 is 15.1 Å². The van der Waals surface area contributed by atoms with Crippen LogP contribution in [0.3, 0.4) is 0 Å². The highest BCUT2D eigenvalue weighted by Crippen LogP contribution is 2.21. The molecule has 2 N–H and O–H groups in total. The molecular weight excluding hydrogens is 292 g/mol. The van der Waals surface area contributed by atoms with Crippen molar-refractivity contribution in [2.24, 2.45) is 5.73 Å². The number of benzene rings is 1. The van der Waals surface area contributed by atoms with Crippen molar-refractivity contribution in [3.63, 3.8) is 0 Å². The molecule has 116 valence electrons. The van der Waals surface area contributed by atoms with E-state index in [4.69, 9.17) is 10.2 Å². The monoisotopic (exact) mass is 307 g/mol. The van der Waals surface area contributed by atoms with Crippen LogP contribution in [0.1, 0.15) is 12.1 Å². The topological polar surface area (TPSA) is 72.4 Å². The number of amides is 1. The number of hydrogen-bond acceptors (Lipinski definition) is 4. The normalized spacial score (nSPS) is 18.0. The first kappa shape index (κ1) is 14.6. The Hall–Kier alpha value is -2.28. The number of hydrogen-bond donors (Lipinski definition) is 1. The number of carbonyl (C=O) groups excluding carboxylic acids is 1. The predicted molar refractivity (Wildman–Crippen MR) is 74.7 cm³/mol. The second-order valence-electron chi connectivity index (χ2n) is 5.34. The fourth-order valence-electron chi connectivity index (χ4n) is 2.43. The molecule has 0 spiro atoms. The molecule has 1 saturated heterocycles. The van der Waals surface area contributed by atoms with Crippen LogP contribution in [-0.2, 0) is 11.2 Å². The molecule has 0 saturated carbocycles. The van der Waals surface area contributed by atoms with Gasteiger partial charge in [-0.1, -0.05) is 0 Å². The first-order valence-corrected chi connectivity index (χ1v) is 6.96. The van der Waals surface area contributed by atoms with Crippen LogP contribution in [0.5, 0.6) is 0 Å². The van der Waals surface area contributed by atoms with E-state index in [0.29, 0.717) is 24.3 Å². The van der Waals surface area contributed by atoms with Gasteiger partial charge in [-0.05, 0) is 24.6 Å². The van der Waals surface area contributed by atoms with E-state index < -0.39 is 11.6 Å². The summed E-state index contributed by atoms with van der Waals surface area (Å²) >= 11 is 0. The van der Waals surface area contributed by atoms with Gasteiger partial charge in [0.2, 0.25) is 11.8 Å². The molecule has 1 aromatic heterocycles. The lowest BCUT2D eigenvalue weighted by atomic mass is 10.2. The molecule has 22 heavy (non-hydrogen) atoms. The highest BCUT2D eigenvalue weighted by Gasteiger charge is 2.24. The van der Waals surface area contributed by atoms with Crippen LogP contribution in [0, 0.1) is 11.6 Å². The van der Waals surface area contributed by atoms with Gasteiger partial charge in [-0.3, -0.25) is 4.79 Å². The Kier molecular flexibility index (Phi) is 3.89. The Balaban J connectivity index is 1.71. The summed E-state index contributed by atoms with van der Waals surface area (Å²) in [6, 6.07) is 3.41. The van der Waals surface area contributed by atoms with Crippen LogP contribution in [0.4, 0.5) is 8.78 Å². The predicted octanol–water partition coefficient (Wildman–Crippen LogP) is 1.72. The number of rotatable bonds is 3. The maximum absolute atomic E-state index is 13.2. The molecule has 2 heterocycles. The summed E-state index contributed by atoms with van der Waals surface area (Å²) in [4.78, 5) is 17.9. The first-order chi connectivity index (χ1) is 10.5. The van der Waals surface area contributed by atoms with E-state index in [-0.39, 0.29) is 24.3 Å². The van der Waals surface area contributed by atoms with Gasteiger partial charge in [0.05, 0.1) is 12.1 Å². The Labute approximate surface area is 125 Å². The highest BCUT2D eigenvalue weighted by molar-refractivity contribution is 5.78. The molecule has 3 rings (SSSR count). The van der Waals surface area contributed by atoms with Gasteiger partial charge in [0.1, 0.15) is 6.26 Å². The molecule has 0 bridgehead atoms. The summed E-state index contributed by atoms with van der Waals surface area (Å²) in [6.07, 6.45) is 2.25. The third kappa shape index (κ3) is 2.99. The number of oxazole rings is 1. The third-order valence-corrected chi connectivity index (χ3v) is 3.63. The van der Waals surface area contributed by atoms with Gasteiger partial charge in [0.15, 0.2) is 11.6 Å². The van der Waals surface area contributed by atoms with Crippen molar-refractivity contribution in [3.8, 4) is 11.5 Å². The third-order valence-electron chi connectivity index (χ3n) is 3.63. The van der Waals surface area contributed by atoms with E-state index in [9.17, 15) is 13.6 Å². The van der Waals surface area contributed by atoms with Crippen LogP contribution >= 0.6 is 0 Å². The fourth-order valence-corrected chi connectivity index (χ4v) is 2.43. The molecule has 1 aliphatic rings. The van der Waals surface area contributed by atoms with Crippen molar-refractivity contribution in [2.45, 2.75) is 18.9 Å². The number of carbonyl (C=O) groups is 1. The van der Waals surface area contributed by atoms with Gasteiger partial charge in [-0.2, -0.15) is 0 Å². The SMILES string of the molecule is N[C@@H]1CCN(C(=O)Cc2coc(-c3ccc(F)c(F)c3)n2)C1. The molecule has 0 unspecified atom stereocenters. The van der Waals surface area contributed by atoms with Crippen LogP contribution in [-0.4, -0.2) is 34.9 Å². The molecular formula is C15H15F2N3O2. The highest BCUT2D eigenvalue weighted by atomic mass is 19.2. The fraction of sp³-hybridized carbons (Fsp3) is 0.333. The lowest BCUT2D eigenvalue weighted by molar-refractivity contribution is -0.129. The first-order valence-electron chi connectivity index (χ1n) is 6.96. The molecule has 7 heteroatoms. The van der Waals surface area contributed by atoms with Crippen molar-refractivity contribution < 1.29 is 18.0 Å². The van der Waals surface area contributed by atoms with Crippen LogP contribution in [0.2, 0.25) is 0 Å². The molecule has 0 aliphatic carbocycles. The standard InChI is InChI=1S/C15H15F2N3O2/c16-12-2-1-9(5-13(12)17)15-19-11(8-22-15)6-14(21)20-4-3-10(18)7-20/h1-2,5,8,10H,3-4,6-7,18H2/t10-/m1/s1. The smallest absolute Gasteiger partial charge is 0.228 e. The lowest BCUT2D eigenvalue weighted by Gasteiger charge is -2.14. The van der Waals surface area contributed by atoms with E-state index in [1.54, 1.807) is 4.90 Å². The molecule has 0 radical (unpaired) electrons. The van der Waals surface area contributed by atoms with Gasteiger partial charge in [0.25, 0.3) is 0 Å². The van der Waals surface area contributed by atoms with Gasteiger partial charge in [-0.15, -0.1) is 0 Å². The molecule has 1 amide bonds. The molecule has 1 atom stereocenters. The summed E-state index contributed by atoms with van der Waals surface area (Å²) in [6.45, 7) is 1.20. The lowest BCUT2D eigenvalue weighted by Crippen LogP contribution is -2.32. The van der Waals surface area contributed by atoms with Crippen molar-refractivity contribution >= 4 is 5.91 Å². The van der Waals surface area contributed by atoms with Crippen LogP contribution < -0.4 is 5.73 Å². The Morgan fingerprint density at radius 1 is 1.41 bits per heavy atom. The van der Waals surface area contributed by atoms with Crippen molar-refractivity contribution in [3.05, 3.63) is 41.8 Å². The van der Waals surface area contributed by atoms with Gasteiger partial charge in [0, 0.05) is 24.7 Å². The zero-order valence-electron chi connectivity index (χ0n) is 11.8. The van der Waals surface area contributed by atoms with Crippen LogP contribution in [0.25, 0.3) is 11.5 Å². The Morgan fingerprint density at radius 3 is 2.91 bits per heavy atom. The van der Waals surface area contributed by atoms with E-state index in [1.807, 2.05) is 0 Å². The summed E-state index contributed by atoms with van der Waals surface area (Å²) < 4.78 is 31.3. The van der Waals surface area contributed by atoms with Gasteiger partial charge in [-0.25, -0.2) is 13.8 Å². The zero-order valence-corrected chi connectivity index (χ0v) is 11.8. The summed E-state index contributed by atoms with van der Waals surface area (Å²) in [5.41, 5.74) is 6.54. The second kappa shape index (κ2) is 5.84. The average molecular weight is 307 g/mol. The Morgan fingerprint density at radius 2 is 2.23 bits per heavy atom. The average Bonchev–Trinajstić information content (AvgIpc) is 3.11. The maximum Gasteiger partial charge on any atom is 0.228 e.